The Bertz CT molecular complexity index is 1400. The van der Waals surface area contributed by atoms with Gasteiger partial charge in [-0.1, -0.05) is 12.1 Å². The van der Waals surface area contributed by atoms with Crippen LogP contribution in [0.25, 0.3) is 22.3 Å². The molecule has 1 aliphatic carbocycles. The number of benzene rings is 1. The van der Waals surface area contributed by atoms with E-state index >= 15 is 0 Å². The van der Waals surface area contributed by atoms with Crippen molar-refractivity contribution >= 4 is 23.0 Å². The van der Waals surface area contributed by atoms with Crippen molar-refractivity contribution in [3.63, 3.8) is 0 Å². The van der Waals surface area contributed by atoms with Gasteiger partial charge < -0.3 is 20.1 Å². The van der Waals surface area contributed by atoms with E-state index in [0.717, 1.165) is 74.2 Å². The molecule has 1 aromatic carbocycles. The monoisotopic (exact) mass is 498 g/mol. The molecule has 1 saturated heterocycles. The minimum atomic E-state index is -0.676. The summed E-state index contributed by atoms with van der Waals surface area (Å²) in [6.07, 6.45) is 11.1. The summed E-state index contributed by atoms with van der Waals surface area (Å²) in [4.78, 5) is 26.1. The highest BCUT2D eigenvalue weighted by Crippen LogP contribution is 2.37. The summed E-state index contributed by atoms with van der Waals surface area (Å²) >= 11 is 0. The van der Waals surface area contributed by atoms with E-state index in [1.165, 1.54) is 5.56 Å². The van der Waals surface area contributed by atoms with E-state index in [2.05, 4.69) is 30.0 Å². The van der Waals surface area contributed by atoms with E-state index < -0.39 is 5.97 Å². The second kappa shape index (κ2) is 9.80. The minimum Gasteiger partial charge on any atom is -0.507 e. The van der Waals surface area contributed by atoms with Crippen LogP contribution in [0.3, 0.4) is 0 Å². The van der Waals surface area contributed by atoms with Crippen molar-refractivity contribution in [2.24, 2.45) is 5.92 Å². The Morgan fingerprint density at radius 1 is 0.946 bits per heavy atom. The van der Waals surface area contributed by atoms with Crippen molar-refractivity contribution < 1.29 is 15.0 Å². The van der Waals surface area contributed by atoms with Gasteiger partial charge in [0.15, 0.2) is 5.65 Å². The number of rotatable bonds is 5. The van der Waals surface area contributed by atoms with Crippen LogP contribution in [0.15, 0.2) is 48.9 Å². The molecule has 0 amide bonds. The van der Waals surface area contributed by atoms with Crippen molar-refractivity contribution in [1.29, 1.82) is 0 Å². The maximum absolute atomic E-state index is 11.2. The lowest BCUT2D eigenvalue weighted by molar-refractivity contribution is -0.142. The molecule has 37 heavy (non-hydrogen) atoms. The van der Waals surface area contributed by atoms with Gasteiger partial charge in [0.2, 0.25) is 5.95 Å². The van der Waals surface area contributed by atoms with Crippen LogP contribution in [0.1, 0.15) is 61.5 Å². The Kier molecular flexibility index (Phi) is 6.20. The van der Waals surface area contributed by atoms with Gasteiger partial charge in [-0.05, 0) is 79.7 Å². The Labute approximate surface area is 214 Å². The molecule has 4 aromatic rings. The lowest BCUT2D eigenvalue weighted by Gasteiger charge is -2.32. The third kappa shape index (κ3) is 4.61. The third-order valence-electron chi connectivity index (χ3n) is 8.07. The summed E-state index contributed by atoms with van der Waals surface area (Å²) in [5, 5.41) is 29.2. The molecule has 6 rings (SSSR count). The molecule has 0 bridgehead atoms. The summed E-state index contributed by atoms with van der Waals surface area (Å²) in [6.45, 7) is 1.73. The second-order valence-electron chi connectivity index (χ2n) is 10.2. The summed E-state index contributed by atoms with van der Waals surface area (Å²) in [7, 11) is 0. The molecule has 2 aliphatic rings. The molecular weight excluding hydrogens is 468 g/mol. The maximum atomic E-state index is 11.2. The van der Waals surface area contributed by atoms with E-state index in [0.29, 0.717) is 23.1 Å². The van der Waals surface area contributed by atoms with Crippen LogP contribution < -0.4 is 4.90 Å². The zero-order valence-corrected chi connectivity index (χ0v) is 20.5. The van der Waals surface area contributed by atoms with Crippen LogP contribution in [-0.2, 0) is 4.79 Å². The smallest absolute Gasteiger partial charge is 0.306 e. The second-order valence-corrected chi connectivity index (χ2v) is 10.2. The number of aromatic nitrogens is 5. The van der Waals surface area contributed by atoms with Crippen LogP contribution in [0.2, 0.25) is 0 Å². The number of H-pyrrole nitrogens is 1. The van der Waals surface area contributed by atoms with E-state index in [-0.39, 0.29) is 11.7 Å². The Hall–Kier alpha value is -4.01. The number of piperidine rings is 1. The highest BCUT2D eigenvalue weighted by Gasteiger charge is 2.28. The Morgan fingerprint density at radius 3 is 2.38 bits per heavy atom. The number of carboxylic acids is 1. The van der Waals surface area contributed by atoms with E-state index in [4.69, 9.17) is 0 Å². The summed E-state index contributed by atoms with van der Waals surface area (Å²) in [5.41, 5.74) is 4.44. The number of hydrogen-bond donors (Lipinski definition) is 3. The molecule has 9 heteroatoms. The van der Waals surface area contributed by atoms with E-state index in [1.54, 1.807) is 12.1 Å². The number of carbonyl (C=O) groups is 1. The van der Waals surface area contributed by atoms with Gasteiger partial charge in [-0.2, -0.15) is 0 Å². The number of carboxylic acid groups (broad SMARTS) is 1. The molecule has 190 valence electrons. The molecule has 1 saturated carbocycles. The van der Waals surface area contributed by atoms with Crippen molar-refractivity contribution in [3.8, 4) is 17.0 Å². The normalized spacial score (nSPS) is 20.8. The zero-order valence-electron chi connectivity index (χ0n) is 20.5. The molecule has 0 spiro atoms. The molecule has 0 atom stereocenters. The van der Waals surface area contributed by atoms with Gasteiger partial charge in [-0.15, -0.1) is 10.2 Å². The fourth-order valence-electron chi connectivity index (χ4n) is 5.87. The average molecular weight is 499 g/mol. The highest BCUT2D eigenvalue weighted by molar-refractivity contribution is 5.84. The Morgan fingerprint density at radius 2 is 1.68 bits per heavy atom. The SMILES string of the molecule is O=C(O)C1CCC(c2cnc(N3CCC(c4c[nH]c5nnc(-c6ccccc6O)cc45)CC3)nc2)CC1. The van der Waals surface area contributed by atoms with Gasteiger partial charge in [0.1, 0.15) is 5.75 Å². The standard InChI is InChI=1S/C28H30N6O3/c35-25-4-2-1-3-21(25)24-13-22-23(16-29-26(22)33-32-24)18-9-11-34(12-10-18)28-30-14-20(15-31-28)17-5-7-19(8-6-17)27(36)37/h1-4,13-19,35H,5-12H2,(H,29,33)(H,36,37). The molecular formula is C28H30N6O3. The molecule has 4 heterocycles. The highest BCUT2D eigenvalue weighted by atomic mass is 16.4. The van der Waals surface area contributed by atoms with E-state index in [9.17, 15) is 15.0 Å². The number of aromatic amines is 1. The van der Waals surface area contributed by atoms with Crippen LogP contribution in [-0.4, -0.2) is 54.4 Å². The van der Waals surface area contributed by atoms with Gasteiger partial charge in [0.25, 0.3) is 0 Å². The predicted octanol–water partition coefficient (Wildman–Crippen LogP) is 4.86. The third-order valence-corrected chi connectivity index (χ3v) is 8.07. The number of para-hydroxylation sites is 1. The van der Waals surface area contributed by atoms with Crippen LogP contribution in [0.5, 0.6) is 5.75 Å². The first-order chi connectivity index (χ1) is 18.1. The van der Waals surface area contributed by atoms with Crippen molar-refractivity contribution in [1.82, 2.24) is 25.1 Å². The van der Waals surface area contributed by atoms with Gasteiger partial charge in [-0.3, -0.25) is 4.79 Å². The molecule has 2 fully saturated rings. The largest absolute Gasteiger partial charge is 0.507 e. The van der Waals surface area contributed by atoms with Gasteiger partial charge >= 0.3 is 5.97 Å². The van der Waals surface area contributed by atoms with Crippen molar-refractivity contribution in [2.75, 3.05) is 18.0 Å². The first kappa shape index (κ1) is 23.4. The first-order valence-electron chi connectivity index (χ1n) is 13.0. The minimum absolute atomic E-state index is 0.195. The number of fused-ring (bicyclic) bond motifs is 1. The number of nitrogens with zero attached hydrogens (tertiary/aromatic N) is 5. The van der Waals surface area contributed by atoms with E-state index in [1.807, 2.05) is 36.8 Å². The number of aromatic hydroxyl groups is 1. The van der Waals surface area contributed by atoms with Crippen molar-refractivity contribution in [2.45, 2.75) is 50.4 Å². The molecule has 9 nitrogen and oxygen atoms in total. The number of phenols is 1. The molecule has 0 radical (unpaired) electrons. The van der Waals surface area contributed by atoms with Crippen LogP contribution in [0, 0.1) is 5.92 Å². The lowest BCUT2D eigenvalue weighted by Crippen LogP contribution is -2.34. The number of hydrogen-bond acceptors (Lipinski definition) is 7. The summed E-state index contributed by atoms with van der Waals surface area (Å²) < 4.78 is 0. The molecule has 1 aliphatic heterocycles. The van der Waals surface area contributed by atoms with Crippen molar-refractivity contribution in [3.05, 3.63) is 60.0 Å². The number of aliphatic carboxylic acids is 1. The molecule has 0 unspecified atom stereocenters. The predicted molar refractivity (Wildman–Crippen MR) is 140 cm³/mol. The summed E-state index contributed by atoms with van der Waals surface area (Å²) in [6, 6.07) is 9.20. The quantitative estimate of drug-likeness (QED) is 0.356. The fourth-order valence-corrected chi connectivity index (χ4v) is 5.87. The molecule has 3 N–H and O–H groups in total. The first-order valence-corrected chi connectivity index (χ1v) is 13.0. The number of anilines is 1. The molecule has 3 aromatic heterocycles. The average Bonchev–Trinajstić information content (AvgIpc) is 3.37. The lowest BCUT2D eigenvalue weighted by atomic mass is 9.79. The van der Waals surface area contributed by atoms with Crippen LogP contribution >= 0.6 is 0 Å². The zero-order chi connectivity index (χ0) is 25.4. The number of phenolic OH excluding ortho intramolecular Hbond substituents is 1. The summed E-state index contributed by atoms with van der Waals surface area (Å²) in [5.74, 6) is 0.802. The van der Waals surface area contributed by atoms with Gasteiger partial charge in [0.05, 0.1) is 11.6 Å². The Balaban J connectivity index is 1.12. The number of nitrogens with one attached hydrogen (secondary N) is 1. The van der Waals surface area contributed by atoms with Gasteiger partial charge in [0, 0.05) is 42.6 Å². The van der Waals surface area contributed by atoms with Crippen LogP contribution in [0.4, 0.5) is 5.95 Å². The topological polar surface area (TPSA) is 128 Å². The fraction of sp³-hybridized carbons (Fsp3) is 0.393. The van der Waals surface area contributed by atoms with Gasteiger partial charge in [-0.25, -0.2) is 9.97 Å². The maximum Gasteiger partial charge on any atom is 0.306 e.